The first kappa shape index (κ1) is 22.7. The lowest BCUT2D eigenvalue weighted by Crippen LogP contribution is -2.39. The molecule has 0 unspecified atom stereocenters. The van der Waals surface area contributed by atoms with Crippen molar-refractivity contribution in [2.24, 2.45) is 4.99 Å². The van der Waals surface area contributed by atoms with Gasteiger partial charge in [0.25, 0.3) is 0 Å². The summed E-state index contributed by atoms with van der Waals surface area (Å²) < 4.78 is 5.20. The van der Waals surface area contributed by atoms with Gasteiger partial charge in [0.2, 0.25) is 0 Å². The number of hydrogen-bond acceptors (Lipinski definition) is 3. The fourth-order valence-electron chi connectivity index (χ4n) is 3.00. The van der Waals surface area contributed by atoms with Crippen molar-refractivity contribution in [1.29, 1.82) is 0 Å². The molecule has 0 aliphatic heterocycles. The van der Waals surface area contributed by atoms with Crippen molar-refractivity contribution < 1.29 is 4.74 Å². The molecule has 1 aromatic heterocycles. The van der Waals surface area contributed by atoms with Crippen molar-refractivity contribution in [3.63, 3.8) is 0 Å². The lowest BCUT2D eigenvalue weighted by molar-refractivity contribution is 0.414. The van der Waals surface area contributed by atoms with Gasteiger partial charge in [-0.1, -0.05) is 42.5 Å². The Morgan fingerprint density at radius 3 is 2.52 bits per heavy atom. The standard InChI is InChI=1S/C22H27N5O.HI/c1-23-22(24-14-13-17-9-11-19(28-3)12-10-17)27(2)16-21-25-15-20(26-21)18-7-5-4-6-8-18;/h4-12,15H,13-14,16H2,1-3H3,(H,23,24)(H,25,26);1H. The van der Waals surface area contributed by atoms with Crippen LogP contribution < -0.4 is 10.1 Å². The highest BCUT2D eigenvalue weighted by atomic mass is 127. The van der Waals surface area contributed by atoms with Crippen molar-refractivity contribution in [3.8, 4) is 17.0 Å². The normalized spacial score (nSPS) is 10.9. The van der Waals surface area contributed by atoms with Gasteiger partial charge in [0.15, 0.2) is 5.96 Å². The molecule has 0 bridgehead atoms. The number of aromatic nitrogens is 2. The average molecular weight is 505 g/mol. The molecule has 0 aliphatic rings. The van der Waals surface area contributed by atoms with Crippen LogP contribution in [0.3, 0.4) is 0 Å². The Balaban J connectivity index is 0.00000300. The number of rotatable bonds is 7. The predicted molar refractivity (Wildman–Crippen MR) is 129 cm³/mol. The summed E-state index contributed by atoms with van der Waals surface area (Å²) in [6, 6.07) is 18.3. The monoisotopic (exact) mass is 505 g/mol. The number of nitrogens with zero attached hydrogens (tertiary/aromatic N) is 3. The zero-order valence-corrected chi connectivity index (χ0v) is 19.4. The Hall–Kier alpha value is -2.55. The van der Waals surface area contributed by atoms with E-state index in [1.54, 1.807) is 14.2 Å². The van der Waals surface area contributed by atoms with Crippen LogP contribution >= 0.6 is 24.0 Å². The molecule has 1 heterocycles. The average Bonchev–Trinajstić information content (AvgIpc) is 3.20. The van der Waals surface area contributed by atoms with Crippen LogP contribution in [-0.2, 0) is 13.0 Å². The zero-order valence-electron chi connectivity index (χ0n) is 17.1. The first-order valence-corrected chi connectivity index (χ1v) is 9.33. The Bertz CT molecular complexity index is 893. The van der Waals surface area contributed by atoms with Gasteiger partial charge in [0.1, 0.15) is 11.6 Å². The van der Waals surface area contributed by atoms with E-state index in [2.05, 4.69) is 49.4 Å². The molecule has 0 spiro atoms. The molecular formula is C22H28IN5O. The first-order valence-electron chi connectivity index (χ1n) is 9.33. The molecule has 3 rings (SSSR count). The maximum Gasteiger partial charge on any atom is 0.193 e. The third kappa shape index (κ3) is 6.49. The summed E-state index contributed by atoms with van der Waals surface area (Å²) in [4.78, 5) is 14.3. The number of halogens is 1. The van der Waals surface area contributed by atoms with Gasteiger partial charge in [-0.25, -0.2) is 4.98 Å². The highest BCUT2D eigenvalue weighted by Gasteiger charge is 2.09. The molecule has 0 saturated carbocycles. The zero-order chi connectivity index (χ0) is 19.8. The second-order valence-electron chi connectivity index (χ2n) is 6.54. The van der Waals surface area contributed by atoms with E-state index in [0.29, 0.717) is 6.54 Å². The van der Waals surface area contributed by atoms with Crippen LogP contribution in [0.15, 0.2) is 65.8 Å². The molecule has 3 aromatic rings. The molecule has 0 atom stereocenters. The van der Waals surface area contributed by atoms with E-state index in [1.807, 2.05) is 43.6 Å². The summed E-state index contributed by atoms with van der Waals surface area (Å²) in [5.41, 5.74) is 3.40. The quantitative estimate of drug-likeness (QED) is 0.290. The van der Waals surface area contributed by atoms with Crippen LogP contribution in [0.1, 0.15) is 11.4 Å². The van der Waals surface area contributed by atoms with Gasteiger partial charge >= 0.3 is 0 Å². The second kappa shape index (κ2) is 11.5. The fourth-order valence-corrected chi connectivity index (χ4v) is 3.00. The molecule has 0 fully saturated rings. The van der Waals surface area contributed by atoms with Crippen LogP contribution in [0.4, 0.5) is 0 Å². The van der Waals surface area contributed by atoms with Crippen LogP contribution in [0.25, 0.3) is 11.3 Å². The maximum absolute atomic E-state index is 5.20. The second-order valence-corrected chi connectivity index (χ2v) is 6.54. The SMILES string of the molecule is CN=C(NCCc1ccc(OC)cc1)N(C)Cc1ncc(-c2ccccc2)[nH]1.I. The maximum atomic E-state index is 5.20. The minimum atomic E-state index is 0. The van der Waals surface area contributed by atoms with Gasteiger partial charge in [0.05, 0.1) is 25.5 Å². The van der Waals surface area contributed by atoms with E-state index < -0.39 is 0 Å². The molecule has 2 aromatic carbocycles. The van der Waals surface area contributed by atoms with Gasteiger partial charge < -0.3 is 19.9 Å². The molecule has 0 aliphatic carbocycles. The van der Waals surface area contributed by atoms with Crippen molar-refractivity contribution in [2.75, 3.05) is 27.7 Å². The third-order valence-electron chi connectivity index (χ3n) is 4.53. The van der Waals surface area contributed by atoms with Crippen molar-refractivity contribution >= 4 is 29.9 Å². The van der Waals surface area contributed by atoms with Gasteiger partial charge in [0, 0.05) is 20.6 Å². The number of hydrogen-bond donors (Lipinski definition) is 2. The smallest absolute Gasteiger partial charge is 0.193 e. The van der Waals surface area contributed by atoms with Crippen molar-refractivity contribution in [2.45, 2.75) is 13.0 Å². The van der Waals surface area contributed by atoms with Gasteiger partial charge in [-0.2, -0.15) is 0 Å². The van der Waals surface area contributed by atoms with Crippen molar-refractivity contribution in [3.05, 3.63) is 72.2 Å². The number of methoxy groups -OCH3 is 1. The highest BCUT2D eigenvalue weighted by Crippen LogP contribution is 2.16. The summed E-state index contributed by atoms with van der Waals surface area (Å²) in [5.74, 6) is 2.62. The van der Waals surface area contributed by atoms with E-state index >= 15 is 0 Å². The first-order chi connectivity index (χ1) is 13.7. The number of aliphatic imine (C=N–C) groups is 1. The predicted octanol–water partition coefficient (Wildman–Crippen LogP) is 3.95. The van der Waals surface area contributed by atoms with Crippen LogP contribution in [-0.4, -0.2) is 48.6 Å². The van der Waals surface area contributed by atoms with Crippen LogP contribution in [0.2, 0.25) is 0 Å². The largest absolute Gasteiger partial charge is 0.497 e. The number of aromatic amines is 1. The van der Waals surface area contributed by atoms with Gasteiger partial charge in [-0.05, 0) is 29.7 Å². The summed E-state index contributed by atoms with van der Waals surface area (Å²) >= 11 is 0. The van der Waals surface area contributed by atoms with E-state index in [4.69, 9.17) is 4.74 Å². The van der Waals surface area contributed by atoms with E-state index in [0.717, 1.165) is 41.8 Å². The number of benzene rings is 2. The van der Waals surface area contributed by atoms with Gasteiger partial charge in [-0.3, -0.25) is 4.99 Å². The van der Waals surface area contributed by atoms with Crippen LogP contribution in [0.5, 0.6) is 5.75 Å². The molecule has 7 heteroatoms. The molecule has 29 heavy (non-hydrogen) atoms. The number of ether oxygens (including phenoxy) is 1. The molecular weight excluding hydrogens is 477 g/mol. The minimum Gasteiger partial charge on any atom is -0.497 e. The molecule has 6 nitrogen and oxygen atoms in total. The molecule has 0 saturated heterocycles. The van der Waals surface area contributed by atoms with Crippen molar-refractivity contribution in [1.82, 2.24) is 20.2 Å². The Labute approximate surface area is 189 Å². The lowest BCUT2D eigenvalue weighted by Gasteiger charge is -2.21. The van der Waals surface area contributed by atoms with E-state index in [9.17, 15) is 0 Å². The molecule has 0 amide bonds. The number of nitrogens with one attached hydrogen (secondary N) is 2. The number of guanidine groups is 1. The van der Waals surface area contributed by atoms with E-state index in [-0.39, 0.29) is 24.0 Å². The van der Waals surface area contributed by atoms with Gasteiger partial charge in [-0.15, -0.1) is 24.0 Å². The Kier molecular flexibility index (Phi) is 8.98. The summed E-state index contributed by atoms with van der Waals surface area (Å²) in [6.45, 7) is 1.45. The lowest BCUT2D eigenvalue weighted by atomic mass is 10.1. The fraction of sp³-hybridized carbons (Fsp3) is 0.273. The number of H-pyrrole nitrogens is 1. The topological polar surface area (TPSA) is 65.5 Å². The Morgan fingerprint density at radius 1 is 1.14 bits per heavy atom. The summed E-state index contributed by atoms with van der Waals surface area (Å²) in [5, 5.41) is 3.41. The van der Waals surface area contributed by atoms with E-state index in [1.165, 1.54) is 5.56 Å². The minimum absolute atomic E-state index is 0. The third-order valence-corrected chi connectivity index (χ3v) is 4.53. The number of imidazole rings is 1. The summed E-state index contributed by atoms with van der Waals surface area (Å²) in [7, 11) is 5.48. The highest BCUT2D eigenvalue weighted by molar-refractivity contribution is 14.0. The summed E-state index contributed by atoms with van der Waals surface area (Å²) in [6.07, 6.45) is 2.79. The van der Waals surface area contributed by atoms with Crippen LogP contribution in [0, 0.1) is 0 Å². The molecule has 0 radical (unpaired) electrons. The Morgan fingerprint density at radius 2 is 1.86 bits per heavy atom. The molecule has 2 N–H and O–H groups in total. The molecule has 154 valence electrons.